The van der Waals surface area contributed by atoms with E-state index in [0.29, 0.717) is 6.42 Å². The molecule has 0 bridgehead atoms. The Balaban J connectivity index is 2.31. The molecule has 0 spiro atoms. The normalized spacial score (nSPS) is 10.4. The van der Waals surface area contributed by atoms with Crippen LogP contribution in [0.1, 0.15) is 17.1 Å². The molecule has 0 aliphatic carbocycles. The number of rotatable bonds is 4. The van der Waals surface area contributed by atoms with Crippen LogP contribution in [-0.2, 0) is 11.2 Å². The van der Waals surface area contributed by atoms with Gasteiger partial charge < -0.3 is 5.11 Å². The van der Waals surface area contributed by atoms with Crippen molar-refractivity contribution in [2.45, 2.75) is 19.8 Å². The highest BCUT2D eigenvalue weighted by molar-refractivity contribution is 7.15. The number of thiazole rings is 1. The summed E-state index contributed by atoms with van der Waals surface area (Å²) in [6.07, 6.45) is 4.04. The molecular formula is C12H12N2O2S. The van der Waals surface area contributed by atoms with Crippen LogP contribution in [0.5, 0.6) is 0 Å². The summed E-state index contributed by atoms with van der Waals surface area (Å²) in [7, 11) is 0. The molecule has 0 fully saturated rings. The van der Waals surface area contributed by atoms with Crippen molar-refractivity contribution in [3.05, 3.63) is 35.2 Å². The molecule has 0 aromatic carbocycles. The minimum Gasteiger partial charge on any atom is -0.481 e. The summed E-state index contributed by atoms with van der Waals surface area (Å²) in [5.41, 5.74) is 1.91. The van der Waals surface area contributed by atoms with Crippen molar-refractivity contribution >= 4 is 17.3 Å². The average molecular weight is 248 g/mol. The summed E-state index contributed by atoms with van der Waals surface area (Å²) in [6.45, 7) is 1.93. The van der Waals surface area contributed by atoms with Gasteiger partial charge in [0.1, 0.15) is 0 Å². The zero-order valence-electron chi connectivity index (χ0n) is 9.38. The lowest BCUT2D eigenvalue weighted by atomic mass is 10.1. The van der Waals surface area contributed by atoms with Gasteiger partial charge in [0.2, 0.25) is 0 Å². The SMILES string of the molecule is Cc1nc(CCC(=O)O)c(-c2ccncc2)s1. The summed E-state index contributed by atoms with van der Waals surface area (Å²) in [6, 6.07) is 3.83. The molecule has 0 saturated carbocycles. The van der Waals surface area contributed by atoms with E-state index in [9.17, 15) is 4.79 Å². The van der Waals surface area contributed by atoms with Crippen LogP contribution in [0.2, 0.25) is 0 Å². The Kier molecular flexibility index (Phi) is 3.49. The molecule has 4 nitrogen and oxygen atoms in total. The molecule has 0 radical (unpaired) electrons. The Morgan fingerprint density at radius 3 is 2.76 bits per heavy atom. The molecule has 17 heavy (non-hydrogen) atoms. The first-order chi connectivity index (χ1) is 8.16. The third kappa shape index (κ3) is 2.88. The third-order valence-corrected chi connectivity index (χ3v) is 3.38. The highest BCUT2D eigenvalue weighted by atomic mass is 32.1. The number of hydrogen-bond donors (Lipinski definition) is 1. The van der Waals surface area contributed by atoms with Crippen LogP contribution >= 0.6 is 11.3 Å². The van der Waals surface area contributed by atoms with E-state index in [1.54, 1.807) is 23.7 Å². The molecule has 5 heteroatoms. The van der Waals surface area contributed by atoms with E-state index in [4.69, 9.17) is 5.11 Å². The van der Waals surface area contributed by atoms with Crippen molar-refractivity contribution in [1.29, 1.82) is 0 Å². The zero-order chi connectivity index (χ0) is 12.3. The number of hydrogen-bond acceptors (Lipinski definition) is 4. The number of aryl methyl sites for hydroxylation is 2. The predicted molar refractivity (Wildman–Crippen MR) is 66.0 cm³/mol. The second-order valence-corrected chi connectivity index (χ2v) is 4.84. The summed E-state index contributed by atoms with van der Waals surface area (Å²) in [4.78, 5) is 20.0. The molecular weight excluding hydrogens is 236 g/mol. The fraction of sp³-hybridized carbons (Fsp3) is 0.250. The highest BCUT2D eigenvalue weighted by Crippen LogP contribution is 2.30. The third-order valence-electron chi connectivity index (χ3n) is 2.32. The van der Waals surface area contributed by atoms with Crippen LogP contribution in [0, 0.1) is 6.92 Å². The van der Waals surface area contributed by atoms with Crippen molar-refractivity contribution in [3.63, 3.8) is 0 Å². The average Bonchev–Trinajstić information content (AvgIpc) is 2.69. The molecule has 1 N–H and O–H groups in total. The van der Waals surface area contributed by atoms with Crippen LogP contribution in [0.4, 0.5) is 0 Å². The van der Waals surface area contributed by atoms with Crippen molar-refractivity contribution in [2.75, 3.05) is 0 Å². The second-order valence-electron chi connectivity index (χ2n) is 3.64. The molecule has 0 atom stereocenters. The highest BCUT2D eigenvalue weighted by Gasteiger charge is 2.12. The van der Waals surface area contributed by atoms with E-state index < -0.39 is 5.97 Å². The summed E-state index contributed by atoms with van der Waals surface area (Å²) in [5.74, 6) is -0.795. The lowest BCUT2D eigenvalue weighted by molar-refractivity contribution is -0.136. The van der Waals surface area contributed by atoms with Gasteiger partial charge in [-0.3, -0.25) is 9.78 Å². The van der Waals surface area contributed by atoms with Gasteiger partial charge in [0.15, 0.2) is 0 Å². The molecule has 0 unspecified atom stereocenters. The monoisotopic (exact) mass is 248 g/mol. The molecule has 88 valence electrons. The number of pyridine rings is 1. The van der Waals surface area contributed by atoms with E-state index in [2.05, 4.69) is 9.97 Å². The van der Waals surface area contributed by atoms with Gasteiger partial charge in [0.25, 0.3) is 0 Å². The van der Waals surface area contributed by atoms with Gasteiger partial charge in [0, 0.05) is 18.8 Å². The van der Waals surface area contributed by atoms with Gasteiger partial charge in [-0.1, -0.05) is 0 Å². The van der Waals surface area contributed by atoms with E-state index in [-0.39, 0.29) is 6.42 Å². The van der Waals surface area contributed by atoms with Crippen molar-refractivity contribution in [2.24, 2.45) is 0 Å². The molecule has 2 heterocycles. The summed E-state index contributed by atoms with van der Waals surface area (Å²) in [5, 5.41) is 9.66. The zero-order valence-corrected chi connectivity index (χ0v) is 10.2. The molecule has 2 rings (SSSR count). The van der Waals surface area contributed by atoms with Gasteiger partial charge >= 0.3 is 5.97 Å². The molecule has 0 saturated heterocycles. The van der Waals surface area contributed by atoms with Crippen LogP contribution in [-0.4, -0.2) is 21.0 Å². The molecule has 0 aliphatic rings. The van der Waals surface area contributed by atoms with Crippen molar-refractivity contribution in [3.8, 4) is 10.4 Å². The van der Waals surface area contributed by atoms with Crippen molar-refractivity contribution in [1.82, 2.24) is 9.97 Å². The topological polar surface area (TPSA) is 63.1 Å². The van der Waals surface area contributed by atoms with Crippen molar-refractivity contribution < 1.29 is 9.90 Å². The Labute approximate surface area is 103 Å². The molecule has 2 aromatic heterocycles. The van der Waals surface area contributed by atoms with E-state index in [1.807, 2.05) is 19.1 Å². The summed E-state index contributed by atoms with van der Waals surface area (Å²) >= 11 is 1.59. The van der Waals surface area contributed by atoms with Crippen LogP contribution < -0.4 is 0 Å². The molecule has 2 aromatic rings. The van der Waals surface area contributed by atoms with E-state index in [1.165, 1.54) is 0 Å². The maximum atomic E-state index is 10.6. The van der Waals surface area contributed by atoms with Gasteiger partial charge in [-0.05, 0) is 24.6 Å². The largest absolute Gasteiger partial charge is 0.481 e. The lowest BCUT2D eigenvalue weighted by Crippen LogP contribution is -1.98. The first-order valence-electron chi connectivity index (χ1n) is 5.25. The molecule has 0 aliphatic heterocycles. The minimum absolute atomic E-state index is 0.112. The number of carbonyl (C=O) groups is 1. The number of carboxylic acid groups (broad SMARTS) is 1. The lowest BCUT2D eigenvalue weighted by Gasteiger charge is -2.00. The number of aliphatic carboxylic acids is 1. The first-order valence-corrected chi connectivity index (χ1v) is 6.07. The quantitative estimate of drug-likeness (QED) is 0.903. The number of nitrogens with zero attached hydrogens (tertiary/aromatic N) is 2. The van der Waals surface area contributed by atoms with Gasteiger partial charge in [0.05, 0.1) is 22.0 Å². The fourth-order valence-electron chi connectivity index (χ4n) is 1.59. The number of aromatic nitrogens is 2. The Morgan fingerprint density at radius 2 is 2.12 bits per heavy atom. The smallest absolute Gasteiger partial charge is 0.303 e. The van der Waals surface area contributed by atoms with E-state index in [0.717, 1.165) is 21.1 Å². The van der Waals surface area contributed by atoms with Gasteiger partial charge in [-0.2, -0.15) is 0 Å². The van der Waals surface area contributed by atoms with Crippen LogP contribution in [0.15, 0.2) is 24.5 Å². The second kappa shape index (κ2) is 5.05. The maximum Gasteiger partial charge on any atom is 0.303 e. The maximum absolute atomic E-state index is 10.6. The van der Waals surface area contributed by atoms with Gasteiger partial charge in [-0.15, -0.1) is 11.3 Å². The Morgan fingerprint density at radius 1 is 1.41 bits per heavy atom. The number of carboxylic acids is 1. The van der Waals surface area contributed by atoms with Crippen LogP contribution in [0.25, 0.3) is 10.4 Å². The van der Waals surface area contributed by atoms with Gasteiger partial charge in [-0.25, -0.2) is 4.98 Å². The molecule has 0 amide bonds. The van der Waals surface area contributed by atoms with Crippen LogP contribution in [0.3, 0.4) is 0 Å². The first kappa shape index (κ1) is 11.7. The Bertz CT molecular complexity index is 523. The van der Waals surface area contributed by atoms with E-state index >= 15 is 0 Å². The standard InChI is InChI=1S/C12H12N2O2S/c1-8-14-10(2-3-11(15)16)12(17-8)9-4-6-13-7-5-9/h4-7H,2-3H2,1H3,(H,15,16). The fourth-order valence-corrected chi connectivity index (χ4v) is 2.56. The minimum atomic E-state index is -0.795. The Hall–Kier alpha value is -1.75. The summed E-state index contributed by atoms with van der Waals surface area (Å²) < 4.78 is 0. The predicted octanol–water partition coefficient (Wildman–Crippen LogP) is 2.53.